The van der Waals surface area contributed by atoms with Crippen molar-refractivity contribution >= 4 is 20.3 Å². The average Bonchev–Trinajstić information content (AvgIpc) is 2.77. The fourth-order valence-electron chi connectivity index (χ4n) is 4.22. The van der Waals surface area contributed by atoms with E-state index >= 15 is 0 Å². The van der Waals surface area contributed by atoms with E-state index in [9.17, 15) is 9.59 Å². The van der Waals surface area contributed by atoms with Gasteiger partial charge in [0.25, 0.3) is 0 Å². The predicted molar refractivity (Wildman–Crippen MR) is 156 cm³/mol. The number of hydrogen-bond donors (Lipinski definition) is 1. The molecule has 1 N–H and O–H groups in total. The van der Waals surface area contributed by atoms with Crippen molar-refractivity contribution in [1.82, 2.24) is 0 Å². The van der Waals surface area contributed by atoms with Gasteiger partial charge in [0.1, 0.15) is 12.4 Å². The zero-order valence-corrected chi connectivity index (χ0v) is 25.7. The largest absolute Gasteiger partial charge is 0.480 e. The second-order valence-electron chi connectivity index (χ2n) is 11.9. The number of ether oxygens (including phenoxy) is 1. The zero-order chi connectivity index (χ0) is 28.4. The first-order valence-electron chi connectivity index (χ1n) is 13.6. The summed E-state index contributed by atoms with van der Waals surface area (Å²) >= 11 is 0. The van der Waals surface area contributed by atoms with Crippen LogP contribution in [0.3, 0.4) is 0 Å². The zero-order valence-electron chi connectivity index (χ0n) is 24.7. The maximum Gasteiger partial charge on any atom is 0.328 e. The molecule has 0 heterocycles. The van der Waals surface area contributed by atoms with Crippen LogP contribution in [0.15, 0.2) is 42.0 Å². The van der Waals surface area contributed by atoms with Crippen LogP contribution in [0.1, 0.15) is 97.6 Å². The van der Waals surface area contributed by atoms with E-state index in [0.29, 0.717) is 5.92 Å². The molecule has 6 heteroatoms. The summed E-state index contributed by atoms with van der Waals surface area (Å²) in [4.78, 5) is 21.9. The highest BCUT2D eigenvalue weighted by Gasteiger charge is 2.37. The van der Waals surface area contributed by atoms with Gasteiger partial charge < -0.3 is 14.3 Å². The smallest absolute Gasteiger partial charge is 0.328 e. The summed E-state index contributed by atoms with van der Waals surface area (Å²) in [6.07, 6.45) is 9.21. The normalized spacial score (nSPS) is 17.8. The van der Waals surface area contributed by atoms with Crippen molar-refractivity contribution in [3.63, 3.8) is 0 Å². The number of hydrogen-bond acceptors (Lipinski definition) is 4. The van der Waals surface area contributed by atoms with E-state index < -0.39 is 14.3 Å². The Morgan fingerprint density at radius 2 is 1.81 bits per heavy atom. The van der Waals surface area contributed by atoms with Gasteiger partial charge in [0.05, 0.1) is 0 Å². The van der Waals surface area contributed by atoms with Crippen LogP contribution in [0.4, 0.5) is 0 Å². The number of carbonyl (C=O) groups is 2. The number of benzene rings is 1. The average molecular weight is 531 g/mol. The second-order valence-corrected chi connectivity index (χ2v) is 16.7. The lowest BCUT2D eigenvalue weighted by molar-refractivity contribution is -0.139. The van der Waals surface area contributed by atoms with Crippen LogP contribution in [0, 0.1) is 5.92 Å². The molecule has 5 nitrogen and oxygen atoms in total. The number of esters is 1. The molecular weight excluding hydrogens is 480 g/mol. The number of rotatable bonds is 10. The molecule has 208 valence electrons. The van der Waals surface area contributed by atoms with Crippen molar-refractivity contribution in [3.05, 3.63) is 53.1 Å². The first-order valence-corrected chi connectivity index (χ1v) is 16.5. The van der Waals surface area contributed by atoms with Crippen LogP contribution in [-0.4, -0.2) is 32.0 Å². The molecule has 1 aromatic carbocycles. The summed E-state index contributed by atoms with van der Waals surface area (Å²) in [5.74, 6) is 0.230. The van der Waals surface area contributed by atoms with Crippen molar-refractivity contribution in [2.45, 2.75) is 111 Å². The number of unbranched alkanes of at least 4 members (excludes halogenated alkanes) is 2. The highest BCUT2D eigenvalue weighted by molar-refractivity contribution is 6.74. The summed E-state index contributed by atoms with van der Waals surface area (Å²) in [6.45, 7) is 22.3. The first-order chi connectivity index (χ1) is 17.1. The van der Waals surface area contributed by atoms with Crippen LogP contribution in [0.5, 0.6) is 5.75 Å². The van der Waals surface area contributed by atoms with Crippen molar-refractivity contribution in [2.24, 2.45) is 5.92 Å². The topological polar surface area (TPSA) is 72.8 Å². The first kappa shape index (κ1) is 32.8. The maximum absolute atomic E-state index is 11.6. The molecule has 1 aliphatic carbocycles. The van der Waals surface area contributed by atoms with Crippen LogP contribution < -0.4 is 4.74 Å². The lowest BCUT2D eigenvalue weighted by atomic mass is 9.74. The van der Waals surface area contributed by atoms with Gasteiger partial charge in [-0.05, 0) is 75.2 Å². The monoisotopic (exact) mass is 530 g/mol. The van der Waals surface area contributed by atoms with Gasteiger partial charge in [-0.25, -0.2) is 4.79 Å². The number of aliphatic carboxylic acids is 1. The number of allylic oxidation sites excluding steroid dienone is 3. The van der Waals surface area contributed by atoms with Gasteiger partial charge in [0.2, 0.25) is 0 Å². The fourth-order valence-corrected chi connectivity index (χ4v) is 5.14. The van der Waals surface area contributed by atoms with E-state index in [1.165, 1.54) is 42.9 Å². The Balaban J connectivity index is 0.000000482. The number of carboxylic acids is 1. The Bertz CT molecular complexity index is 955. The van der Waals surface area contributed by atoms with E-state index in [-0.39, 0.29) is 23.5 Å². The van der Waals surface area contributed by atoms with Crippen molar-refractivity contribution in [2.75, 3.05) is 6.61 Å². The maximum atomic E-state index is 11.6. The molecule has 0 unspecified atom stereocenters. The molecule has 1 aliphatic rings. The number of carbonyl (C=O) groups excluding carboxylic acids is 1. The van der Waals surface area contributed by atoms with Gasteiger partial charge in [-0.2, -0.15) is 0 Å². The molecule has 2 atom stereocenters. The minimum Gasteiger partial charge on any atom is -0.480 e. The van der Waals surface area contributed by atoms with Crippen molar-refractivity contribution < 1.29 is 23.9 Å². The third kappa shape index (κ3) is 11.0. The van der Waals surface area contributed by atoms with Crippen LogP contribution in [0.25, 0.3) is 0 Å². The molecule has 0 radical (unpaired) electrons. The quantitative estimate of drug-likeness (QED) is 0.108. The van der Waals surface area contributed by atoms with E-state index in [1.54, 1.807) is 0 Å². The van der Waals surface area contributed by atoms with Crippen LogP contribution in [-0.2, 0) is 20.4 Å². The Kier molecular flexibility index (Phi) is 13.0. The fraction of sp³-hybridized carbons (Fsp3) is 0.613. The molecule has 0 saturated carbocycles. The third-order valence-corrected chi connectivity index (χ3v) is 12.0. The molecule has 0 spiro atoms. The molecule has 0 fully saturated rings. The van der Waals surface area contributed by atoms with Crippen molar-refractivity contribution in [3.8, 4) is 5.75 Å². The molecule has 2 rings (SSSR count). The van der Waals surface area contributed by atoms with Gasteiger partial charge in [0, 0.05) is 18.4 Å². The van der Waals surface area contributed by atoms with E-state index in [0.717, 1.165) is 30.6 Å². The minimum absolute atomic E-state index is 0.0858. The van der Waals surface area contributed by atoms with Crippen LogP contribution in [0.2, 0.25) is 18.1 Å². The third-order valence-electron chi connectivity index (χ3n) is 7.50. The summed E-state index contributed by atoms with van der Waals surface area (Å²) in [7, 11) is -1.85. The molecule has 0 aromatic heterocycles. The molecule has 0 bridgehead atoms. The molecule has 0 saturated heterocycles. The minimum atomic E-state index is -1.85. The predicted octanol–water partition coefficient (Wildman–Crippen LogP) is 8.45. The molecular formula is C31H50O5Si. The van der Waals surface area contributed by atoms with Crippen LogP contribution >= 0.6 is 0 Å². The summed E-state index contributed by atoms with van der Waals surface area (Å²) in [6, 6.07) is 6.43. The number of aryl methyl sites for hydroxylation is 1. The van der Waals surface area contributed by atoms with Gasteiger partial charge in [0.15, 0.2) is 8.32 Å². The second kappa shape index (κ2) is 14.7. The Labute approximate surface area is 226 Å². The molecule has 0 aliphatic heterocycles. The van der Waals surface area contributed by atoms with Gasteiger partial charge in [-0.15, -0.1) is 0 Å². The molecule has 37 heavy (non-hydrogen) atoms. The number of carboxylic acid groups (broad SMARTS) is 1. The summed E-state index contributed by atoms with van der Waals surface area (Å²) in [5, 5.41) is 8.53. The lowest BCUT2D eigenvalue weighted by Gasteiger charge is -2.35. The molecule has 1 aromatic rings. The summed E-state index contributed by atoms with van der Waals surface area (Å²) in [5.41, 5.74) is 4.97. The van der Waals surface area contributed by atoms with Gasteiger partial charge in [-0.1, -0.05) is 76.5 Å². The van der Waals surface area contributed by atoms with Gasteiger partial charge >= 0.3 is 11.9 Å². The van der Waals surface area contributed by atoms with Crippen molar-refractivity contribution in [1.29, 1.82) is 0 Å². The Morgan fingerprint density at radius 3 is 2.32 bits per heavy atom. The highest BCUT2D eigenvalue weighted by Crippen LogP contribution is 2.43. The van der Waals surface area contributed by atoms with E-state index in [2.05, 4.69) is 72.4 Å². The lowest BCUT2D eigenvalue weighted by Crippen LogP contribution is -2.42. The van der Waals surface area contributed by atoms with E-state index in [1.807, 2.05) is 13.1 Å². The van der Waals surface area contributed by atoms with Gasteiger partial charge in [-0.3, -0.25) is 4.79 Å². The van der Waals surface area contributed by atoms with E-state index in [4.69, 9.17) is 14.3 Å². The standard InChI is InChI=1S/C23H32O2.C8H18O3Si/c1-6-7-8-9-19-11-13-21(23(15-19)25-18(5)24)22-14-17(4)10-12-20(22)16(2)3;1-8(2,3)12(4,5)11-6-7(9)10/h11,13-15,20,22H,2,6-10,12H2,1,3-5H3;6H2,1-5H3,(H,9,10)/t20-,22+;/m0./s1. The summed E-state index contributed by atoms with van der Waals surface area (Å²) < 4.78 is 11.0. The Hall–Kier alpha value is -2.18. The highest BCUT2D eigenvalue weighted by atomic mass is 28.4. The molecule has 0 amide bonds. The SMILES string of the molecule is C=C(C)[C@@H]1CCC(C)=C[C@H]1c1ccc(CCCCC)cc1OC(C)=O.CC(C)(C)[Si](C)(C)OCC(=O)O. The Morgan fingerprint density at radius 1 is 1.16 bits per heavy atom.